The number of fused-ring (bicyclic) bond motifs is 1. The van der Waals surface area contributed by atoms with Gasteiger partial charge in [-0.05, 0) is 30.3 Å². The van der Waals surface area contributed by atoms with Crippen molar-refractivity contribution in [2.75, 3.05) is 0 Å². The lowest BCUT2D eigenvalue weighted by molar-refractivity contribution is 0.378. The van der Waals surface area contributed by atoms with Crippen LogP contribution in [0.25, 0.3) is 34.2 Å². The third kappa shape index (κ3) is 3.08. The van der Waals surface area contributed by atoms with E-state index < -0.39 is 11.6 Å². The van der Waals surface area contributed by atoms with Gasteiger partial charge in [0.15, 0.2) is 23.2 Å². The van der Waals surface area contributed by atoms with E-state index in [1.165, 1.54) is 12.1 Å². The second kappa shape index (κ2) is 6.66. The summed E-state index contributed by atoms with van der Waals surface area (Å²) in [5, 5.41) is 4.13. The topological polar surface area (TPSA) is 61.7 Å². The largest absolute Gasteiger partial charge is 0.359 e. The molecule has 6 nitrogen and oxygen atoms in total. The highest BCUT2D eigenvalue weighted by molar-refractivity contribution is 5.66. The summed E-state index contributed by atoms with van der Waals surface area (Å²) in [6, 6.07) is 11.5. The van der Waals surface area contributed by atoms with Gasteiger partial charge >= 0.3 is 0 Å². The van der Waals surface area contributed by atoms with Crippen molar-refractivity contribution in [1.82, 2.24) is 24.3 Å². The maximum Gasteiger partial charge on any atom is 0.169 e. The molecule has 0 saturated heterocycles. The number of imidazole rings is 1. The molecule has 0 aliphatic carbocycles. The Kier molecular flexibility index (Phi) is 3.97. The molecule has 29 heavy (non-hydrogen) atoms. The van der Waals surface area contributed by atoms with E-state index in [0.29, 0.717) is 23.7 Å². The van der Waals surface area contributed by atoms with Gasteiger partial charge in [-0.1, -0.05) is 11.2 Å². The summed E-state index contributed by atoms with van der Waals surface area (Å²) in [7, 11) is 1.94. The molecule has 2 aliphatic rings. The van der Waals surface area contributed by atoms with E-state index in [1.54, 1.807) is 12.3 Å². The Morgan fingerprint density at radius 1 is 0.966 bits per heavy atom. The molecular formula is C21H15F2N5O. The van der Waals surface area contributed by atoms with Crippen LogP contribution in [0.15, 0.2) is 65.6 Å². The molecule has 0 unspecified atom stereocenters. The first-order valence-electron chi connectivity index (χ1n) is 8.94. The molecular weight excluding hydrogens is 376 g/mol. The van der Waals surface area contributed by atoms with Crippen LogP contribution in [0.4, 0.5) is 8.78 Å². The van der Waals surface area contributed by atoms with Crippen LogP contribution in [0, 0.1) is 11.6 Å². The number of aromatic nitrogens is 5. The van der Waals surface area contributed by atoms with Crippen LogP contribution in [0.3, 0.4) is 0 Å². The van der Waals surface area contributed by atoms with E-state index in [0.717, 1.165) is 17.5 Å². The van der Waals surface area contributed by atoms with Gasteiger partial charge in [0.05, 0.1) is 23.5 Å². The number of pyridine rings is 1. The van der Waals surface area contributed by atoms with E-state index in [4.69, 9.17) is 4.52 Å². The quantitative estimate of drug-likeness (QED) is 0.456. The minimum absolute atomic E-state index is 0.0372. The predicted molar refractivity (Wildman–Crippen MR) is 102 cm³/mol. The molecule has 1 aromatic carbocycles. The smallest absolute Gasteiger partial charge is 0.169 e. The van der Waals surface area contributed by atoms with Gasteiger partial charge in [0.1, 0.15) is 11.4 Å². The Balaban J connectivity index is 1.44. The summed E-state index contributed by atoms with van der Waals surface area (Å²) < 4.78 is 36.8. The third-order valence-electron chi connectivity index (χ3n) is 4.72. The minimum atomic E-state index is -0.953. The standard InChI is InChI=1S/C21H15F2N5O/c1-27-8-3-6-19(27)17-10-13(29-26-17)11-28-9-7-16-18(12-28)25-21(24-16)14-4-2-5-15(22)20(14)23/h2-10,12H,11H2,1H3. The minimum Gasteiger partial charge on any atom is -0.359 e. The second-order valence-corrected chi connectivity index (χ2v) is 6.72. The number of halogens is 2. The fourth-order valence-corrected chi connectivity index (χ4v) is 3.26. The van der Waals surface area contributed by atoms with Gasteiger partial charge in [-0.3, -0.25) is 0 Å². The summed E-state index contributed by atoms with van der Waals surface area (Å²) in [5.74, 6) is -1.04. The Morgan fingerprint density at radius 3 is 2.66 bits per heavy atom. The van der Waals surface area contributed by atoms with Crippen molar-refractivity contribution in [1.29, 1.82) is 0 Å². The third-order valence-corrected chi connectivity index (χ3v) is 4.72. The van der Waals surface area contributed by atoms with Crippen LogP contribution in [-0.4, -0.2) is 24.3 Å². The zero-order chi connectivity index (χ0) is 20.0. The molecule has 0 fully saturated rings. The summed E-state index contributed by atoms with van der Waals surface area (Å²) in [6.45, 7) is 0.448. The summed E-state index contributed by atoms with van der Waals surface area (Å²) in [5.41, 5.74) is 2.93. The van der Waals surface area contributed by atoms with Crippen LogP contribution in [-0.2, 0) is 13.6 Å². The lowest BCUT2D eigenvalue weighted by atomic mass is 10.2. The first kappa shape index (κ1) is 17.3. The van der Waals surface area contributed by atoms with E-state index in [9.17, 15) is 8.78 Å². The lowest BCUT2D eigenvalue weighted by Crippen LogP contribution is -1.99. The SMILES string of the molecule is Cn1cccc1-c1cc(Cn2ccc3nc(-c4cccc(F)c4F)nc-3c2)on1. The van der Waals surface area contributed by atoms with E-state index in [2.05, 4.69) is 15.1 Å². The Labute approximate surface area is 164 Å². The van der Waals surface area contributed by atoms with Crippen molar-refractivity contribution < 1.29 is 13.3 Å². The van der Waals surface area contributed by atoms with E-state index in [1.807, 2.05) is 46.8 Å². The van der Waals surface area contributed by atoms with Gasteiger partial charge in [-0.15, -0.1) is 0 Å². The highest BCUT2D eigenvalue weighted by Gasteiger charge is 2.18. The summed E-state index contributed by atoms with van der Waals surface area (Å²) >= 11 is 0. The average Bonchev–Trinajstić information content (AvgIpc) is 3.43. The fraction of sp³-hybridized carbons (Fsp3) is 0.0952. The van der Waals surface area contributed by atoms with Crippen molar-refractivity contribution in [3.63, 3.8) is 0 Å². The first-order valence-corrected chi connectivity index (χ1v) is 8.94. The van der Waals surface area contributed by atoms with E-state index >= 15 is 0 Å². The monoisotopic (exact) mass is 391 g/mol. The molecule has 0 spiro atoms. The van der Waals surface area contributed by atoms with Crippen molar-refractivity contribution in [3.8, 4) is 34.2 Å². The van der Waals surface area contributed by atoms with Gasteiger partial charge < -0.3 is 13.7 Å². The van der Waals surface area contributed by atoms with Gasteiger partial charge in [-0.25, -0.2) is 18.7 Å². The maximum atomic E-state index is 14.0. The van der Waals surface area contributed by atoms with E-state index in [-0.39, 0.29) is 11.4 Å². The van der Waals surface area contributed by atoms with Crippen LogP contribution < -0.4 is 0 Å². The lowest BCUT2D eigenvalue weighted by Gasteiger charge is -2.04. The highest BCUT2D eigenvalue weighted by atomic mass is 19.2. The predicted octanol–water partition coefficient (Wildman–Crippen LogP) is 4.37. The molecule has 0 saturated carbocycles. The molecule has 3 aromatic rings. The number of aryl methyl sites for hydroxylation is 1. The van der Waals surface area contributed by atoms with Crippen molar-refractivity contribution in [2.45, 2.75) is 6.54 Å². The normalized spacial score (nSPS) is 11.4. The van der Waals surface area contributed by atoms with Gasteiger partial charge in [-0.2, -0.15) is 0 Å². The maximum absolute atomic E-state index is 14.0. The second-order valence-electron chi connectivity index (χ2n) is 6.72. The number of hydrogen-bond acceptors (Lipinski definition) is 4. The van der Waals surface area contributed by atoms with Crippen LogP contribution in [0.5, 0.6) is 0 Å². The van der Waals surface area contributed by atoms with Gasteiger partial charge in [0, 0.05) is 31.7 Å². The molecule has 0 N–H and O–H groups in total. The van der Waals surface area contributed by atoms with Crippen LogP contribution >= 0.6 is 0 Å². The zero-order valence-corrected chi connectivity index (χ0v) is 15.4. The van der Waals surface area contributed by atoms with Crippen molar-refractivity contribution in [2.24, 2.45) is 7.05 Å². The van der Waals surface area contributed by atoms with Gasteiger partial charge in [0.2, 0.25) is 0 Å². The number of nitrogens with zero attached hydrogens (tertiary/aromatic N) is 5. The molecule has 4 heterocycles. The Morgan fingerprint density at radius 2 is 1.83 bits per heavy atom. The molecule has 2 aromatic heterocycles. The van der Waals surface area contributed by atoms with Gasteiger partial charge in [0.25, 0.3) is 0 Å². The molecule has 0 bridgehead atoms. The molecule has 2 aliphatic heterocycles. The molecule has 5 rings (SSSR count). The average molecular weight is 391 g/mol. The van der Waals surface area contributed by atoms with Crippen molar-refractivity contribution in [3.05, 3.63) is 78.4 Å². The number of rotatable bonds is 4. The first-order chi connectivity index (χ1) is 14.1. The summed E-state index contributed by atoms with van der Waals surface area (Å²) in [4.78, 5) is 8.67. The Hall–Kier alpha value is -3.81. The fourth-order valence-electron chi connectivity index (χ4n) is 3.26. The molecule has 8 heteroatoms. The molecule has 0 atom stereocenters. The molecule has 0 radical (unpaired) electrons. The van der Waals surface area contributed by atoms with Crippen molar-refractivity contribution >= 4 is 0 Å². The van der Waals surface area contributed by atoms with Crippen LogP contribution in [0.1, 0.15) is 5.76 Å². The zero-order valence-electron chi connectivity index (χ0n) is 15.4. The Bertz CT molecular complexity index is 1290. The highest BCUT2D eigenvalue weighted by Crippen LogP contribution is 2.27. The molecule has 144 valence electrons. The summed E-state index contributed by atoms with van der Waals surface area (Å²) in [6.07, 6.45) is 5.56. The van der Waals surface area contributed by atoms with Crippen LogP contribution in [0.2, 0.25) is 0 Å². The number of benzene rings is 1. The molecule has 0 amide bonds. The number of hydrogen-bond donors (Lipinski definition) is 0.